The molecule has 0 unspecified atom stereocenters. The van der Waals surface area contributed by atoms with Crippen LogP contribution in [0.3, 0.4) is 0 Å². The molecule has 0 atom stereocenters. The molecule has 1 aliphatic heterocycles. The van der Waals surface area contributed by atoms with Crippen molar-refractivity contribution in [1.29, 1.82) is 0 Å². The predicted octanol–water partition coefficient (Wildman–Crippen LogP) is 2.65. The molecular formula is C15H19F3N2O3. The van der Waals surface area contributed by atoms with Gasteiger partial charge in [-0.2, -0.15) is 13.2 Å². The lowest BCUT2D eigenvalue weighted by Crippen LogP contribution is -2.30. The van der Waals surface area contributed by atoms with Crippen LogP contribution in [0.1, 0.15) is 19.3 Å². The Bertz CT molecular complexity index is 500. The van der Waals surface area contributed by atoms with Crippen LogP contribution in [0, 0.1) is 5.92 Å². The van der Waals surface area contributed by atoms with Crippen molar-refractivity contribution in [2.24, 2.45) is 5.92 Å². The molecule has 1 aromatic carbocycles. The molecule has 0 spiro atoms. The van der Waals surface area contributed by atoms with Crippen LogP contribution in [0.15, 0.2) is 30.3 Å². The summed E-state index contributed by atoms with van der Waals surface area (Å²) in [6.07, 6.45) is -2.21. The molecule has 5 nitrogen and oxygen atoms in total. The summed E-state index contributed by atoms with van der Waals surface area (Å²) in [7, 11) is 0. The topological polar surface area (TPSA) is 78.4 Å². The van der Waals surface area contributed by atoms with E-state index in [1.54, 1.807) is 0 Å². The lowest BCUT2D eigenvalue weighted by molar-refractivity contribution is -0.192. The zero-order valence-electron chi connectivity index (χ0n) is 12.4. The third kappa shape index (κ3) is 8.20. The number of alkyl halides is 3. The van der Waals surface area contributed by atoms with Crippen molar-refractivity contribution in [3.05, 3.63) is 30.3 Å². The number of hydrogen-bond donors (Lipinski definition) is 3. The van der Waals surface area contributed by atoms with E-state index < -0.39 is 12.1 Å². The van der Waals surface area contributed by atoms with Crippen LogP contribution in [0.2, 0.25) is 0 Å². The SMILES string of the molecule is O=C(CC1CCNCC1)Nc1ccccc1.O=C(O)C(F)(F)F. The average molecular weight is 332 g/mol. The van der Waals surface area contributed by atoms with E-state index >= 15 is 0 Å². The maximum Gasteiger partial charge on any atom is 0.490 e. The van der Waals surface area contributed by atoms with Gasteiger partial charge in [-0.15, -0.1) is 0 Å². The smallest absolute Gasteiger partial charge is 0.475 e. The van der Waals surface area contributed by atoms with E-state index in [1.807, 2.05) is 30.3 Å². The number of rotatable bonds is 3. The number of nitrogens with one attached hydrogen (secondary N) is 2. The summed E-state index contributed by atoms with van der Waals surface area (Å²) in [5, 5.41) is 13.4. The van der Waals surface area contributed by atoms with Crippen LogP contribution in [0.25, 0.3) is 0 Å². The first-order valence-electron chi connectivity index (χ1n) is 7.14. The number of amides is 1. The number of aliphatic carboxylic acids is 1. The largest absolute Gasteiger partial charge is 0.490 e. The first-order valence-corrected chi connectivity index (χ1v) is 7.14. The molecule has 1 fully saturated rings. The second-order valence-electron chi connectivity index (χ2n) is 5.11. The van der Waals surface area contributed by atoms with E-state index in [1.165, 1.54) is 0 Å². The van der Waals surface area contributed by atoms with Gasteiger partial charge in [-0.1, -0.05) is 18.2 Å². The third-order valence-electron chi connectivity index (χ3n) is 3.23. The van der Waals surface area contributed by atoms with Gasteiger partial charge in [0.15, 0.2) is 0 Å². The molecule has 1 amide bonds. The highest BCUT2D eigenvalue weighted by Gasteiger charge is 2.38. The first kappa shape index (κ1) is 19.0. The number of carbonyl (C=O) groups excluding carboxylic acids is 1. The Morgan fingerprint density at radius 2 is 1.70 bits per heavy atom. The standard InChI is InChI=1S/C13H18N2O.C2HF3O2/c16-13(10-11-6-8-14-9-7-11)15-12-4-2-1-3-5-12;3-2(4,5)1(6)7/h1-5,11,14H,6-10H2,(H,15,16);(H,6,7). The molecule has 1 heterocycles. The zero-order chi connectivity index (χ0) is 17.3. The van der Waals surface area contributed by atoms with Gasteiger partial charge >= 0.3 is 12.1 Å². The summed E-state index contributed by atoms with van der Waals surface area (Å²) < 4.78 is 31.7. The second kappa shape index (κ2) is 9.14. The number of carboxylic acids is 1. The number of hydrogen-bond acceptors (Lipinski definition) is 3. The summed E-state index contributed by atoms with van der Waals surface area (Å²) in [6.45, 7) is 2.09. The molecule has 1 saturated heterocycles. The lowest BCUT2D eigenvalue weighted by Gasteiger charge is -2.21. The zero-order valence-corrected chi connectivity index (χ0v) is 12.4. The summed E-state index contributed by atoms with van der Waals surface area (Å²) >= 11 is 0. The molecule has 0 radical (unpaired) electrons. The fourth-order valence-electron chi connectivity index (χ4n) is 2.08. The highest BCUT2D eigenvalue weighted by atomic mass is 19.4. The van der Waals surface area contributed by atoms with Crippen LogP contribution < -0.4 is 10.6 Å². The van der Waals surface area contributed by atoms with Crippen molar-refractivity contribution in [3.8, 4) is 0 Å². The maximum absolute atomic E-state index is 11.7. The molecule has 2 rings (SSSR count). The van der Waals surface area contributed by atoms with Gasteiger partial charge in [0.05, 0.1) is 0 Å². The molecule has 0 aliphatic carbocycles. The maximum atomic E-state index is 11.7. The predicted molar refractivity (Wildman–Crippen MR) is 79.0 cm³/mol. The molecule has 0 bridgehead atoms. The second-order valence-corrected chi connectivity index (χ2v) is 5.11. The Balaban J connectivity index is 0.000000322. The lowest BCUT2D eigenvalue weighted by atomic mass is 9.94. The Kier molecular flexibility index (Phi) is 7.53. The van der Waals surface area contributed by atoms with Crippen molar-refractivity contribution < 1.29 is 27.9 Å². The van der Waals surface area contributed by atoms with Gasteiger partial charge in [-0.05, 0) is 44.0 Å². The number of carboxylic acid groups (broad SMARTS) is 1. The van der Waals surface area contributed by atoms with Crippen LogP contribution in [0.4, 0.5) is 18.9 Å². The summed E-state index contributed by atoms with van der Waals surface area (Å²) in [5.41, 5.74) is 0.890. The number of halogens is 3. The highest BCUT2D eigenvalue weighted by Crippen LogP contribution is 2.17. The van der Waals surface area contributed by atoms with E-state index in [0.29, 0.717) is 12.3 Å². The third-order valence-corrected chi connectivity index (χ3v) is 3.23. The molecule has 128 valence electrons. The molecule has 1 aliphatic rings. The minimum Gasteiger partial charge on any atom is -0.475 e. The number of anilines is 1. The van der Waals surface area contributed by atoms with E-state index in [0.717, 1.165) is 31.6 Å². The molecule has 23 heavy (non-hydrogen) atoms. The minimum atomic E-state index is -5.08. The first-order chi connectivity index (χ1) is 10.8. The fourth-order valence-corrected chi connectivity index (χ4v) is 2.08. The van der Waals surface area contributed by atoms with Gasteiger partial charge < -0.3 is 15.7 Å². The quantitative estimate of drug-likeness (QED) is 0.795. The van der Waals surface area contributed by atoms with E-state index in [-0.39, 0.29) is 5.91 Å². The Hall–Kier alpha value is -2.09. The molecule has 3 N–H and O–H groups in total. The Morgan fingerprint density at radius 1 is 1.17 bits per heavy atom. The molecule has 1 aromatic rings. The van der Waals surface area contributed by atoms with Gasteiger partial charge in [-0.3, -0.25) is 4.79 Å². The van der Waals surface area contributed by atoms with Gasteiger partial charge in [0, 0.05) is 12.1 Å². The van der Waals surface area contributed by atoms with Crippen molar-refractivity contribution in [1.82, 2.24) is 5.32 Å². The summed E-state index contributed by atoms with van der Waals surface area (Å²) in [4.78, 5) is 20.6. The number of benzene rings is 1. The van der Waals surface area contributed by atoms with Crippen LogP contribution in [-0.2, 0) is 9.59 Å². The fraction of sp³-hybridized carbons (Fsp3) is 0.467. The van der Waals surface area contributed by atoms with Crippen LogP contribution >= 0.6 is 0 Å². The van der Waals surface area contributed by atoms with Crippen LogP contribution in [-0.4, -0.2) is 36.2 Å². The number of carbonyl (C=O) groups is 2. The van der Waals surface area contributed by atoms with Crippen LogP contribution in [0.5, 0.6) is 0 Å². The van der Waals surface area contributed by atoms with E-state index in [4.69, 9.17) is 9.90 Å². The van der Waals surface area contributed by atoms with E-state index in [2.05, 4.69) is 10.6 Å². The van der Waals surface area contributed by atoms with Crippen molar-refractivity contribution >= 4 is 17.6 Å². The van der Waals surface area contributed by atoms with Crippen molar-refractivity contribution in [2.75, 3.05) is 18.4 Å². The van der Waals surface area contributed by atoms with Gasteiger partial charge in [0.1, 0.15) is 0 Å². The Labute approximate surface area is 131 Å². The highest BCUT2D eigenvalue weighted by molar-refractivity contribution is 5.90. The van der Waals surface area contributed by atoms with Gasteiger partial charge in [0.2, 0.25) is 5.91 Å². The van der Waals surface area contributed by atoms with Gasteiger partial charge in [0.25, 0.3) is 0 Å². The molecule has 0 aromatic heterocycles. The number of piperidine rings is 1. The Morgan fingerprint density at radius 3 is 2.17 bits per heavy atom. The van der Waals surface area contributed by atoms with Crippen molar-refractivity contribution in [2.45, 2.75) is 25.4 Å². The van der Waals surface area contributed by atoms with Crippen molar-refractivity contribution in [3.63, 3.8) is 0 Å². The van der Waals surface area contributed by atoms with Gasteiger partial charge in [-0.25, -0.2) is 4.79 Å². The molecule has 8 heteroatoms. The monoisotopic (exact) mass is 332 g/mol. The molecular weight excluding hydrogens is 313 g/mol. The molecule has 0 saturated carbocycles. The number of para-hydroxylation sites is 1. The summed E-state index contributed by atoms with van der Waals surface area (Å²) in [6, 6.07) is 9.64. The van der Waals surface area contributed by atoms with E-state index in [9.17, 15) is 18.0 Å². The summed E-state index contributed by atoms with van der Waals surface area (Å²) in [5.74, 6) is -2.07. The minimum absolute atomic E-state index is 0.137. The average Bonchev–Trinajstić information content (AvgIpc) is 2.48. The normalized spacial score (nSPS) is 15.3.